The maximum atomic E-state index is 6.43. The number of nitrogens with zero attached hydrogens (tertiary/aromatic N) is 2. The largest absolute Gasteiger partial charge is 0.301 e. The number of hydrogen-bond donors (Lipinski definition) is 0. The molecule has 2 nitrogen and oxygen atoms in total. The molecule has 0 spiro atoms. The minimum Gasteiger partial charge on any atom is -0.301 e. The molecule has 1 aliphatic rings. The van der Waals surface area contributed by atoms with Crippen LogP contribution in [0.4, 0.5) is 5.69 Å². The van der Waals surface area contributed by atoms with Crippen molar-refractivity contribution in [2.75, 3.05) is 13.6 Å². The van der Waals surface area contributed by atoms with Gasteiger partial charge in [-0.25, -0.2) is 0 Å². The lowest BCUT2D eigenvalue weighted by Crippen LogP contribution is -2.31. The zero-order valence-corrected chi connectivity index (χ0v) is 14.2. The third kappa shape index (κ3) is 2.91. The van der Waals surface area contributed by atoms with E-state index in [4.69, 9.17) is 23.2 Å². The molecule has 0 fully saturated rings. The summed E-state index contributed by atoms with van der Waals surface area (Å²) in [5.41, 5.74) is 4.61. The second kappa shape index (κ2) is 6.41. The highest BCUT2D eigenvalue weighted by Gasteiger charge is 2.28. The maximum absolute atomic E-state index is 6.43. The number of aliphatic imine (C=N–C) groups is 1. The summed E-state index contributed by atoms with van der Waals surface area (Å²) in [5, 5.41) is 1.44. The molecule has 1 aliphatic heterocycles. The Balaban J connectivity index is 2.18. The molecule has 2 aromatic carbocycles. The molecule has 0 aliphatic carbocycles. The Hall–Kier alpha value is -1.35. The first-order valence-electron chi connectivity index (χ1n) is 7.34. The zero-order valence-electron chi connectivity index (χ0n) is 12.7. The number of benzene rings is 2. The van der Waals surface area contributed by atoms with Gasteiger partial charge in [-0.1, -0.05) is 41.4 Å². The van der Waals surface area contributed by atoms with Crippen LogP contribution in [0.3, 0.4) is 0 Å². The predicted octanol–water partition coefficient (Wildman–Crippen LogP) is 5.29. The molecule has 114 valence electrons. The third-order valence-corrected chi connectivity index (χ3v) is 4.63. The standard InChI is InChI=1S/C18H18Cl2N2/c1-3-21-18-7-5-4-6-13(18)15-10-22(2)11-16-14(15)8-12(19)9-17(16)20/h3-9,15H,10-11H2,1-2H3. The van der Waals surface area contributed by atoms with E-state index in [1.54, 1.807) is 0 Å². The van der Waals surface area contributed by atoms with Crippen molar-refractivity contribution < 1.29 is 0 Å². The number of rotatable bonds is 2. The van der Waals surface area contributed by atoms with E-state index in [2.05, 4.69) is 35.1 Å². The molecule has 0 aromatic heterocycles. The Kier molecular flexibility index (Phi) is 4.53. The van der Waals surface area contributed by atoms with Gasteiger partial charge in [-0.3, -0.25) is 4.99 Å². The van der Waals surface area contributed by atoms with Crippen LogP contribution in [0.15, 0.2) is 41.4 Å². The van der Waals surface area contributed by atoms with Crippen molar-refractivity contribution in [3.8, 4) is 0 Å². The Morgan fingerprint density at radius 2 is 1.95 bits per heavy atom. The summed E-state index contributed by atoms with van der Waals surface area (Å²) in [6.45, 7) is 3.71. The van der Waals surface area contributed by atoms with Crippen molar-refractivity contribution in [1.82, 2.24) is 4.90 Å². The van der Waals surface area contributed by atoms with Gasteiger partial charge in [0.15, 0.2) is 0 Å². The van der Waals surface area contributed by atoms with Gasteiger partial charge in [0.25, 0.3) is 0 Å². The van der Waals surface area contributed by atoms with Gasteiger partial charge < -0.3 is 4.90 Å². The highest BCUT2D eigenvalue weighted by molar-refractivity contribution is 6.35. The van der Waals surface area contributed by atoms with Gasteiger partial charge in [0.2, 0.25) is 0 Å². The fourth-order valence-electron chi connectivity index (χ4n) is 3.15. The molecule has 0 amide bonds. The van der Waals surface area contributed by atoms with Gasteiger partial charge in [-0.05, 0) is 48.9 Å². The normalized spacial score (nSPS) is 18.6. The van der Waals surface area contributed by atoms with Crippen molar-refractivity contribution in [2.45, 2.75) is 19.4 Å². The van der Waals surface area contributed by atoms with Crippen LogP contribution < -0.4 is 0 Å². The molecule has 4 heteroatoms. The molecule has 0 N–H and O–H groups in total. The minimum atomic E-state index is 0.227. The number of halogens is 2. The molecule has 1 atom stereocenters. The van der Waals surface area contributed by atoms with Gasteiger partial charge in [-0.2, -0.15) is 0 Å². The minimum absolute atomic E-state index is 0.227. The van der Waals surface area contributed by atoms with Crippen molar-refractivity contribution in [1.29, 1.82) is 0 Å². The SMILES string of the molecule is CC=Nc1ccccc1C1CN(C)Cc2c(Cl)cc(Cl)cc21. The molecule has 0 bridgehead atoms. The average Bonchev–Trinajstić information content (AvgIpc) is 2.48. The second-order valence-corrected chi connectivity index (χ2v) is 6.49. The zero-order chi connectivity index (χ0) is 15.7. The van der Waals surface area contributed by atoms with E-state index >= 15 is 0 Å². The number of fused-ring (bicyclic) bond motifs is 1. The van der Waals surface area contributed by atoms with Crippen molar-refractivity contribution in [3.63, 3.8) is 0 Å². The number of likely N-dealkylation sites (N-methyl/N-ethyl adjacent to an activating group) is 1. The smallest absolute Gasteiger partial charge is 0.0664 e. The topological polar surface area (TPSA) is 15.6 Å². The summed E-state index contributed by atoms with van der Waals surface area (Å²) in [4.78, 5) is 6.81. The van der Waals surface area contributed by atoms with Crippen LogP contribution in [0.5, 0.6) is 0 Å². The van der Waals surface area contributed by atoms with E-state index in [0.29, 0.717) is 5.02 Å². The summed E-state index contributed by atoms with van der Waals surface area (Å²) in [5.74, 6) is 0.227. The van der Waals surface area contributed by atoms with Gasteiger partial charge >= 0.3 is 0 Å². The molecule has 3 rings (SSSR count). The Morgan fingerprint density at radius 1 is 1.18 bits per heavy atom. The first kappa shape index (κ1) is 15.5. The Bertz CT molecular complexity index is 725. The molecule has 0 saturated carbocycles. The molecule has 0 radical (unpaired) electrons. The van der Waals surface area contributed by atoms with E-state index in [9.17, 15) is 0 Å². The van der Waals surface area contributed by atoms with Crippen molar-refractivity contribution >= 4 is 35.1 Å². The van der Waals surface area contributed by atoms with Gasteiger partial charge in [-0.15, -0.1) is 0 Å². The fraction of sp³-hybridized carbons (Fsp3) is 0.278. The third-order valence-electron chi connectivity index (χ3n) is 4.07. The summed E-state index contributed by atoms with van der Waals surface area (Å²) >= 11 is 12.7. The van der Waals surface area contributed by atoms with Crippen LogP contribution in [0.25, 0.3) is 0 Å². The summed E-state index contributed by atoms with van der Waals surface area (Å²) in [7, 11) is 2.12. The van der Waals surface area contributed by atoms with E-state index < -0.39 is 0 Å². The number of hydrogen-bond acceptors (Lipinski definition) is 2. The van der Waals surface area contributed by atoms with Crippen LogP contribution in [0.1, 0.15) is 29.5 Å². The lowest BCUT2D eigenvalue weighted by Gasteiger charge is -2.33. The quantitative estimate of drug-likeness (QED) is 0.682. The van der Waals surface area contributed by atoms with Crippen LogP contribution in [0, 0.1) is 0 Å². The molecular formula is C18H18Cl2N2. The summed E-state index contributed by atoms with van der Waals surface area (Å²) < 4.78 is 0. The number of para-hydroxylation sites is 1. The van der Waals surface area contributed by atoms with Crippen LogP contribution in [-0.4, -0.2) is 24.7 Å². The van der Waals surface area contributed by atoms with E-state index in [1.165, 1.54) is 16.7 Å². The molecule has 0 saturated heterocycles. The van der Waals surface area contributed by atoms with Crippen LogP contribution >= 0.6 is 23.2 Å². The maximum Gasteiger partial charge on any atom is 0.0664 e. The summed E-state index contributed by atoms with van der Waals surface area (Å²) in [6.07, 6.45) is 1.83. The Morgan fingerprint density at radius 3 is 2.73 bits per heavy atom. The molecule has 1 unspecified atom stereocenters. The van der Waals surface area contributed by atoms with Gasteiger partial charge in [0.05, 0.1) is 5.69 Å². The molecule has 1 heterocycles. The molecular weight excluding hydrogens is 315 g/mol. The van der Waals surface area contributed by atoms with Crippen LogP contribution in [0.2, 0.25) is 10.0 Å². The van der Waals surface area contributed by atoms with Gasteiger partial charge in [0, 0.05) is 35.3 Å². The monoisotopic (exact) mass is 332 g/mol. The van der Waals surface area contributed by atoms with E-state index in [0.717, 1.165) is 23.8 Å². The molecule has 22 heavy (non-hydrogen) atoms. The average molecular weight is 333 g/mol. The van der Waals surface area contributed by atoms with E-state index in [-0.39, 0.29) is 5.92 Å². The van der Waals surface area contributed by atoms with Crippen molar-refractivity contribution in [2.24, 2.45) is 4.99 Å². The highest BCUT2D eigenvalue weighted by atomic mass is 35.5. The van der Waals surface area contributed by atoms with E-state index in [1.807, 2.05) is 31.3 Å². The fourth-order valence-corrected chi connectivity index (χ4v) is 3.72. The van der Waals surface area contributed by atoms with Crippen LogP contribution in [-0.2, 0) is 6.54 Å². The first-order valence-corrected chi connectivity index (χ1v) is 8.09. The molecule has 2 aromatic rings. The summed E-state index contributed by atoms with van der Waals surface area (Å²) in [6, 6.07) is 12.1. The highest BCUT2D eigenvalue weighted by Crippen LogP contribution is 2.40. The lowest BCUT2D eigenvalue weighted by molar-refractivity contribution is 0.295. The van der Waals surface area contributed by atoms with Crippen molar-refractivity contribution in [3.05, 3.63) is 63.1 Å². The first-order chi connectivity index (χ1) is 10.6. The lowest BCUT2D eigenvalue weighted by atomic mass is 9.84. The van der Waals surface area contributed by atoms with Gasteiger partial charge in [0.1, 0.15) is 0 Å². The predicted molar refractivity (Wildman–Crippen MR) is 94.9 cm³/mol. The Labute approximate surface area is 141 Å². The second-order valence-electron chi connectivity index (χ2n) is 5.65.